The summed E-state index contributed by atoms with van der Waals surface area (Å²) in [4.78, 5) is 41.1. The molecule has 0 atom stereocenters. The fourth-order valence-electron chi connectivity index (χ4n) is 5.48. The summed E-state index contributed by atoms with van der Waals surface area (Å²) in [5.41, 5.74) is 0.633. The zero-order valence-electron chi connectivity index (χ0n) is 23.8. The molecule has 3 aromatic rings. The first-order chi connectivity index (χ1) is 19.6. The van der Waals surface area contributed by atoms with Crippen LogP contribution in [-0.2, 0) is 15.9 Å². The maximum Gasteiger partial charge on any atom is 0.410 e. The average Bonchev–Trinajstić information content (AvgIpc) is 2.95. The molecule has 1 N–H and O–H groups in total. The van der Waals surface area contributed by atoms with E-state index in [9.17, 15) is 18.8 Å². The van der Waals surface area contributed by atoms with Gasteiger partial charge in [-0.15, -0.1) is 0 Å². The van der Waals surface area contributed by atoms with Gasteiger partial charge in [-0.05, 0) is 70.2 Å². The van der Waals surface area contributed by atoms with Crippen LogP contribution in [0, 0.1) is 5.82 Å². The standard InChI is InChI=1S/C31H37FN4O5/c1-31(2,3)41-30(39)36-16-12-22(13-17-36)40-21-10-14-35(15-11-21)29(38)25-18-20(8-9-26(25)32)19-27-23-6-4-5-7-24(23)28(37)34-33-27/h4-9,18,21-22H,10-17,19H2,1-3H3,(H,34,37). The molecule has 0 spiro atoms. The fourth-order valence-corrected chi connectivity index (χ4v) is 5.48. The van der Waals surface area contributed by atoms with Gasteiger partial charge in [0.1, 0.15) is 11.4 Å². The summed E-state index contributed by atoms with van der Waals surface area (Å²) in [6.45, 7) is 7.73. The summed E-state index contributed by atoms with van der Waals surface area (Å²) >= 11 is 0. The zero-order chi connectivity index (χ0) is 29.1. The number of ether oxygens (including phenoxy) is 2. The second-order valence-corrected chi connectivity index (χ2v) is 11.8. The molecule has 3 heterocycles. The van der Waals surface area contributed by atoms with Crippen LogP contribution in [0.25, 0.3) is 10.8 Å². The van der Waals surface area contributed by atoms with Gasteiger partial charge in [-0.3, -0.25) is 9.59 Å². The number of carbonyl (C=O) groups is 2. The van der Waals surface area contributed by atoms with Crippen LogP contribution in [0.3, 0.4) is 0 Å². The molecule has 0 saturated carbocycles. The molecule has 0 unspecified atom stereocenters. The lowest BCUT2D eigenvalue weighted by atomic mass is 10.0. The van der Waals surface area contributed by atoms with Gasteiger partial charge in [0.25, 0.3) is 11.5 Å². The van der Waals surface area contributed by atoms with Crippen LogP contribution in [-0.4, -0.2) is 76.0 Å². The lowest BCUT2D eigenvalue weighted by Crippen LogP contribution is -2.46. The molecule has 2 saturated heterocycles. The Labute approximate surface area is 238 Å². The Bertz CT molecular complexity index is 1470. The van der Waals surface area contributed by atoms with Crippen molar-refractivity contribution in [1.82, 2.24) is 20.0 Å². The van der Waals surface area contributed by atoms with Crippen molar-refractivity contribution in [1.29, 1.82) is 0 Å². The van der Waals surface area contributed by atoms with E-state index in [1.54, 1.807) is 34.1 Å². The number of likely N-dealkylation sites (tertiary alicyclic amines) is 2. The smallest absolute Gasteiger partial charge is 0.410 e. The number of H-pyrrole nitrogens is 1. The Kier molecular flexibility index (Phi) is 8.40. The summed E-state index contributed by atoms with van der Waals surface area (Å²) in [6, 6.07) is 11.7. The Balaban J connectivity index is 1.15. The van der Waals surface area contributed by atoms with Gasteiger partial charge in [0.05, 0.1) is 28.9 Å². The lowest BCUT2D eigenvalue weighted by molar-refractivity contribution is -0.0636. The van der Waals surface area contributed by atoms with Gasteiger partial charge in [0, 0.05) is 38.0 Å². The first-order valence-electron chi connectivity index (χ1n) is 14.2. The van der Waals surface area contributed by atoms with E-state index in [-0.39, 0.29) is 35.3 Å². The van der Waals surface area contributed by atoms with E-state index < -0.39 is 11.4 Å². The quantitative estimate of drug-likeness (QED) is 0.483. The van der Waals surface area contributed by atoms with Gasteiger partial charge >= 0.3 is 6.09 Å². The van der Waals surface area contributed by atoms with Crippen molar-refractivity contribution < 1.29 is 23.5 Å². The number of carbonyl (C=O) groups excluding carboxylic acids is 2. The van der Waals surface area contributed by atoms with Gasteiger partial charge in [-0.2, -0.15) is 5.10 Å². The van der Waals surface area contributed by atoms with Crippen LogP contribution in [0.2, 0.25) is 0 Å². The molecular formula is C31H37FN4O5. The largest absolute Gasteiger partial charge is 0.444 e. The Morgan fingerprint density at radius 2 is 1.56 bits per heavy atom. The highest BCUT2D eigenvalue weighted by Gasteiger charge is 2.31. The molecule has 2 amide bonds. The Morgan fingerprint density at radius 1 is 0.951 bits per heavy atom. The minimum Gasteiger partial charge on any atom is -0.444 e. The average molecular weight is 565 g/mol. The number of piperidine rings is 2. The van der Waals surface area contributed by atoms with Crippen LogP contribution in [0.5, 0.6) is 0 Å². The maximum absolute atomic E-state index is 14.8. The van der Waals surface area contributed by atoms with Gasteiger partial charge in [0.2, 0.25) is 0 Å². The number of hydrogen-bond donors (Lipinski definition) is 1. The Morgan fingerprint density at radius 3 is 2.20 bits per heavy atom. The minimum absolute atomic E-state index is 0.0212. The number of benzene rings is 2. The summed E-state index contributed by atoms with van der Waals surface area (Å²) < 4.78 is 26.6. The van der Waals surface area contributed by atoms with Crippen LogP contribution in [0.15, 0.2) is 47.3 Å². The number of rotatable bonds is 5. The predicted octanol–water partition coefficient (Wildman–Crippen LogP) is 4.67. The number of aromatic nitrogens is 2. The third-order valence-corrected chi connectivity index (χ3v) is 7.62. The first kappa shape index (κ1) is 28.7. The summed E-state index contributed by atoms with van der Waals surface area (Å²) in [6.07, 6.45) is 2.98. The molecule has 0 aliphatic carbocycles. The normalized spacial score (nSPS) is 17.2. The topological polar surface area (TPSA) is 105 Å². The van der Waals surface area contributed by atoms with E-state index in [4.69, 9.17) is 9.47 Å². The van der Waals surface area contributed by atoms with Crippen LogP contribution >= 0.6 is 0 Å². The molecule has 218 valence electrons. The number of fused-ring (bicyclic) bond motifs is 1. The molecule has 41 heavy (non-hydrogen) atoms. The minimum atomic E-state index is -0.562. The summed E-state index contributed by atoms with van der Waals surface area (Å²) in [5.74, 6) is -0.902. The highest BCUT2D eigenvalue weighted by atomic mass is 19.1. The van der Waals surface area contributed by atoms with Crippen LogP contribution in [0.4, 0.5) is 9.18 Å². The predicted molar refractivity (Wildman–Crippen MR) is 152 cm³/mol. The van der Waals surface area contributed by atoms with E-state index in [2.05, 4.69) is 10.2 Å². The van der Waals surface area contributed by atoms with Gasteiger partial charge in [0.15, 0.2) is 0 Å². The SMILES string of the molecule is CC(C)(C)OC(=O)N1CCC(OC2CCN(C(=O)c3cc(Cc4n[nH]c(=O)c5ccccc45)ccc3F)CC2)CC1. The molecule has 2 fully saturated rings. The molecule has 0 bridgehead atoms. The number of aromatic amines is 1. The third-order valence-electron chi connectivity index (χ3n) is 7.62. The summed E-state index contributed by atoms with van der Waals surface area (Å²) in [5, 5.41) is 7.99. The number of hydrogen-bond acceptors (Lipinski definition) is 6. The molecule has 9 nitrogen and oxygen atoms in total. The van der Waals surface area contributed by atoms with Gasteiger partial charge in [-0.25, -0.2) is 14.3 Å². The third kappa shape index (κ3) is 6.93. The van der Waals surface area contributed by atoms with E-state index >= 15 is 0 Å². The Hall–Kier alpha value is -3.79. The molecule has 0 radical (unpaired) electrons. The zero-order valence-corrected chi connectivity index (χ0v) is 23.8. The monoisotopic (exact) mass is 564 g/mol. The van der Waals surface area contributed by atoms with E-state index in [1.165, 1.54) is 6.07 Å². The molecule has 2 aliphatic rings. The first-order valence-corrected chi connectivity index (χ1v) is 14.2. The second kappa shape index (κ2) is 12.0. The van der Waals surface area contributed by atoms with Gasteiger partial charge < -0.3 is 19.3 Å². The van der Waals surface area contributed by atoms with Crippen LogP contribution < -0.4 is 5.56 Å². The van der Waals surface area contributed by atoms with Crippen molar-refractivity contribution in [2.24, 2.45) is 0 Å². The highest BCUT2D eigenvalue weighted by Crippen LogP contribution is 2.25. The van der Waals surface area contributed by atoms with Crippen molar-refractivity contribution >= 4 is 22.8 Å². The molecule has 5 rings (SSSR count). The number of nitrogens with zero attached hydrogens (tertiary/aromatic N) is 3. The second-order valence-electron chi connectivity index (χ2n) is 11.8. The molecular weight excluding hydrogens is 527 g/mol. The van der Waals surface area contributed by atoms with Crippen molar-refractivity contribution in [3.8, 4) is 0 Å². The lowest BCUT2D eigenvalue weighted by Gasteiger charge is -2.37. The maximum atomic E-state index is 14.8. The van der Waals surface area contributed by atoms with Crippen LogP contribution in [0.1, 0.15) is 68.1 Å². The van der Waals surface area contributed by atoms with Crippen molar-refractivity contribution in [3.05, 3.63) is 75.5 Å². The molecule has 2 aromatic carbocycles. The van der Waals surface area contributed by atoms with E-state index in [0.29, 0.717) is 56.5 Å². The molecule has 2 aliphatic heterocycles. The fraction of sp³-hybridized carbons (Fsp3) is 0.484. The van der Waals surface area contributed by atoms with E-state index in [0.717, 1.165) is 23.8 Å². The van der Waals surface area contributed by atoms with Crippen molar-refractivity contribution in [3.63, 3.8) is 0 Å². The van der Waals surface area contributed by atoms with Crippen molar-refractivity contribution in [2.75, 3.05) is 26.2 Å². The van der Waals surface area contributed by atoms with Gasteiger partial charge in [-0.1, -0.05) is 24.3 Å². The van der Waals surface area contributed by atoms with Crippen molar-refractivity contribution in [2.45, 2.75) is 70.7 Å². The van der Waals surface area contributed by atoms with E-state index in [1.807, 2.05) is 32.9 Å². The number of amides is 2. The summed E-state index contributed by atoms with van der Waals surface area (Å²) in [7, 11) is 0. The highest BCUT2D eigenvalue weighted by molar-refractivity contribution is 5.95. The number of halogens is 1. The number of nitrogens with one attached hydrogen (secondary N) is 1. The molecule has 1 aromatic heterocycles. The molecule has 10 heteroatoms.